The minimum Gasteiger partial charge on any atom is -0.303 e. The molecule has 1 aromatic heterocycles. The highest BCUT2D eigenvalue weighted by atomic mass is 15.1. The van der Waals surface area contributed by atoms with E-state index in [1.165, 1.54) is 55.7 Å². The van der Waals surface area contributed by atoms with E-state index in [0.29, 0.717) is 0 Å². The van der Waals surface area contributed by atoms with Crippen molar-refractivity contribution < 1.29 is 0 Å². The predicted molar refractivity (Wildman–Crippen MR) is 123 cm³/mol. The van der Waals surface area contributed by atoms with Crippen molar-refractivity contribution in [3.05, 3.63) is 102 Å². The van der Waals surface area contributed by atoms with E-state index in [4.69, 9.17) is 0 Å². The maximum Gasteiger partial charge on any atom is 0.236 e. The monoisotopic (exact) mass is 373 g/mol. The fourth-order valence-electron chi connectivity index (χ4n) is 4.83. The third kappa shape index (κ3) is 2.14. The Morgan fingerprint density at radius 3 is 2.21 bits per heavy atom. The van der Waals surface area contributed by atoms with E-state index in [2.05, 4.69) is 114 Å². The summed E-state index contributed by atoms with van der Waals surface area (Å²) in [6.45, 7) is 4.42. The fraction of sp³-hybridized carbons (Fsp3) is 0.0741. The van der Waals surface area contributed by atoms with E-state index in [1.807, 2.05) is 0 Å². The first-order chi connectivity index (χ1) is 14.3. The maximum absolute atomic E-state index is 2.44. The number of rotatable bonds is 1. The van der Waals surface area contributed by atoms with Gasteiger partial charge in [-0.15, -0.1) is 0 Å². The molecule has 0 bridgehead atoms. The molecule has 5 aromatic rings. The van der Waals surface area contributed by atoms with Gasteiger partial charge in [-0.25, -0.2) is 0 Å². The molecule has 4 aromatic carbocycles. The summed E-state index contributed by atoms with van der Waals surface area (Å²) in [6, 6.07) is 32.8. The van der Waals surface area contributed by atoms with Crippen LogP contribution >= 0.6 is 0 Å². The fourth-order valence-corrected chi connectivity index (χ4v) is 4.83. The number of fused-ring (bicyclic) bond motifs is 5. The molecule has 1 aliphatic rings. The van der Waals surface area contributed by atoms with E-state index in [9.17, 15) is 0 Å². The molecular weight excluding hydrogens is 352 g/mol. The van der Waals surface area contributed by atoms with Gasteiger partial charge in [0, 0.05) is 35.4 Å². The molecule has 0 atom stereocenters. The largest absolute Gasteiger partial charge is 0.303 e. The molecule has 0 radical (unpaired) electrons. The van der Waals surface area contributed by atoms with Crippen LogP contribution in [0, 0.1) is 6.92 Å². The van der Waals surface area contributed by atoms with Crippen LogP contribution in [0.4, 0.5) is 11.4 Å². The molecule has 0 aliphatic carbocycles. The van der Waals surface area contributed by atoms with Crippen molar-refractivity contribution in [2.75, 3.05) is 0 Å². The molecule has 0 unspecified atom stereocenters. The lowest BCUT2D eigenvalue weighted by atomic mass is 10.1. The molecule has 138 valence electrons. The molecule has 0 N–H and O–H groups in total. The third-order valence-electron chi connectivity index (χ3n) is 6.14. The van der Waals surface area contributed by atoms with E-state index >= 15 is 0 Å². The standard InChI is InChI=1S/C27H21N2/c1-18-10-3-6-14-23(18)28-19(2)20-11-4-7-15-24(20)29-25-16-8-5-12-21(25)22-13-9-17-26(28)27(22)29/h3-17H,1-2H3/q+1. The van der Waals surface area contributed by atoms with Crippen LogP contribution in [0.1, 0.15) is 18.1 Å². The Morgan fingerprint density at radius 1 is 0.621 bits per heavy atom. The molecule has 0 spiro atoms. The Balaban J connectivity index is 1.91. The number of hydrogen-bond donors (Lipinski definition) is 0. The zero-order chi connectivity index (χ0) is 19.5. The lowest BCUT2D eigenvalue weighted by Gasteiger charge is -2.09. The summed E-state index contributed by atoms with van der Waals surface area (Å²) in [4.78, 5) is 0. The minimum atomic E-state index is 1.22. The Hall–Kier alpha value is -3.65. The Labute approximate surface area is 170 Å². The van der Waals surface area contributed by atoms with E-state index in [1.54, 1.807) is 0 Å². The normalized spacial score (nSPS) is 13.0. The van der Waals surface area contributed by atoms with Crippen LogP contribution in [0.15, 0.2) is 91.0 Å². The van der Waals surface area contributed by atoms with E-state index in [-0.39, 0.29) is 0 Å². The first-order valence-electron chi connectivity index (χ1n) is 10.1. The highest BCUT2D eigenvalue weighted by molar-refractivity contribution is 6.17. The average Bonchev–Trinajstić information content (AvgIpc) is 3.05. The summed E-state index contributed by atoms with van der Waals surface area (Å²) in [7, 11) is 0. The lowest BCUT2D eigenvalue weighted by molar-refractivity contribution is 1.07. The molecule has 1 aliphatic heterocycles. The topological polar surface area (TPSA) is 7.94 Å². The molecule has 2 heteroatoms. The van der Waals surface area contributed by atoms with Gasteiger partial charge in [0.25, 0.3) is 0 Å². The van der Waals surface area contributed by atoms with Crippen LogP contribution in [-0.4, -0.2) is 10.3 Å². The number of nitrogens with zero attached hydrogens (tertiary/aromatic N) is 2. The van der Waals surface area contributed by atoms with Crippen LogP contribution in [0.5, 0.6) is 0 Å². The van der Waals surface area contributed by atoms with E-state index < -0.39 is 0 Å². The summed E-state index contributed by atoms with van der Waals surface area (Å²) in [5.41, 5.74) is 9.98. The van der Waals surface area contributed by atoms with Crippen molar-refractivity contribution in [2.24, 2.45) is 0 Å². The number of hydrogen-bond acceptors (Lipinski definition) is 0. The highest BCUT2D eigenvalue weighted by Gasteiger charge is 2.31. The second kappa shape index (κ2) is 5.92. The first kappa shape index (κ1) is 16.3. The molecule has 29 heavy (non-hydrogen) atoms. The van der Waals surface area contributed by atoms with Crippen LogP contribution in [0.3, 0.4) is 0 Å². The van der Waals surface area contributed by atoms with Gasteiger partial charge in [-0.1, -0.05) is 60.7 Å². The Kier molecular flexibility index (Phi) is 3.33. The minimum absolute atomic E-state index is 1.22. The highest BCUT2D eigenvalue weighted by Crippen LogP contribution is 2.41. The number of aryl methyl sites for hydroxylation is 1. The molecule has 0 amide bonds. The van der Waals surface area contributed by atoms with Crippen LogP contribution in [0.2, 0.25) is 0 Å². The molecule has 2 nitrogen and oxygen atoms in total. The number of para-hydroxylation sites is 4. The van der Waals surface area contributed by atoms with Crippen molar-refractivity contribution in [1.29, 1.82) is 0 Å². The molecule has 0 saturated carbocycles. The van der Waals surface area contributed by atoms with Crippen molar-refractivity contribution in [3.63, 3.8) is 0 Å². The lowest BCUT2D eigenvalue weighted by Crippen LogP contribution is -2.16. The van der Waals surface area contributed by atoms with Gasteiger partial charge in [0.1, 0.15) is 5.52 Å². The SMILES string of the molecule is CC1=[N+](c2ccccc2C)c2cccc3c4ccccc4n(c23)-c2ccccc21. The van der Waals surface area contributed by atoms with Crippen molar-refractivity contribution >= 4 is 38.9 Å². The van der Waals surface area contributed by atoms with Gasteiger partial charge >= 0.3 is 0 Å². The summed E-state index contributed by atoms with van der Waals surface area (Å²) in [5, 5.41) is 2.59. The van der Waals surface area contributed by atoms with Crippen molar-refractivity contribution in [2.45, 2.75) is 13.8 Å². The third-order valence-corrected chi connectivity index (χ3v) is 6.14. The second-order valence-electron chi connectivity index (χ2n) is 7.75. The second-order valence-corrected chi connectivity index (χ2v) is 7.75. The summed E-state index contributed by atoms with van der Waals surface area (Å²) >= 11 is 0. The van der Waals surface area contributed by atoms with Crippen molar-refractivity contribution in [3.8, 4) is 5.69 Å². The van der Waals surface area contributed by atoms with Gasteiger partial charge in [0.05, 0.1) is 16.8 Å². The molecule has 6 rings (SSSR count). The summed E-state index contributed by atoms with van der Waals surface area (Å²) in [5.74, 6) is 0. The van der Waals surface area contributed by atoms with Gasteiger partial charge in [-0.3, -0.25) is 0 Å². The van der Waals surface area contributed by atoms with Gasteiger partial charge in [0.2, 0.25) is 11.4 Å². The smallest absolute Gasteiger partial charge is 0.236 e. The number of benzene rings is 4. The van der Waals surface area contributed by atoms with Gasteiger partial charge in [0.15, 0.2) is 5.71 Å². The van der Waals surface area contributed by atoms with Gasteiger partial charge in [-0.05, 0) is 25.1 Å². The molecule has 0 saturated heterocycles. The molecule has 2 heterocycles. The summed E-state index contributed by atoms with van der Waals surface area (Å²) < 4.78 is 4.87. The van der Waals surface area contributed by atoms with Gasteiger partial charge in [-0.2, -0.15) is 4.58 Å². The molecular formula is C27H21N2+. The Bertz CT molecular complexity index is 1470. The quantitative estimate of drug-likeness (QED) is 0.287. The van der Waals surface area contributed by atoms with Gasteiger partial charge < -0.3 is 4.57 Å². The van der Waals surface area contributed by atoms with Crippen molar-refractivity contribution in [1.82, 2.24) is 9.14 Å². The first-order valence-corrected chi connectivity index (χ1v) is 10.1. The predicted octanol–water partition coefficient (Wildman–Crippen LogP) is 6.75. The van der Waals surface area contributed by atoms with Crippen LogP contribution < -0.4 is 4.58 Å². The van der Waals surface area contributed by atoms with E-state index in [0.717, 1.165) is 0 Å². The zero-order valence-electron chi connectivity index (χ0n) is 16.6. The molecule has 0 fully saturated rings. The van der Waals surface area contributed by atoms with Crippen LogP contribution in [0.25, 0.3) is 27.5 Å². The summed E-state index contributed by atoms with van der Waals surface area (Å²) in [6.07, 6.45) is 0. The maximum atomic E-state index is 2.44. The number of aromatic nitrogens is 1. The Morgan fingerprint density at radius 2 is 1.31 bits per heavy atom. The van der Waals surface area contributed by atoms with Crippen LogP contribution in [-0.2, 0) is 0 Å². The zero-order valence-corrected chi connectivity index (χ0v) is 16.6. The average molecular weight is 373 g/mol.